The zero-order valence-electron chi connectivity index (χ0n) is 12.5. The fourth-order valence-electron chi connectivity index (χ4n) is 2.84. The molecular weight excluding hydrogens is 304 g/mol. The molecule has 0 bridgehead atoms. The van der Waals surface area contributed by atoms with E-state index >= 15 is 0 Å². The van der Waals surface area contributed by atoms with Gasteiger partial charge in [0.1, 0.15) is 5.75 Å². The van der Waals surface area contributed by atoms with E-state index in [4.69, 9.17) is 0 Å². The molecule has 5 nitrogen and oxygen atoms in total. The minimum atomic E-state index is -0.476. The van der Waals surface area contributed by atoms with Gasteiger partial charge >= 0.3 is 0 Å². The summed E-state index contributed by atoms with van der Waals surface area (Å²) in [7, 11) is 0. The summed E-state index contributed by atoms with van der Waals surface area (Å²) in [6, 6.07) is 17.2. The van der Waals surface area contributed by atoms with Crippen LogP contribution in [0, 0.1) is 0 Å². The summed E-state index contributed by atoms with van der Waals surface area (Å²) in [6.45, 7) is 0. The molecule has 0 radical (unpaired) electrons. The molecule has 0 saturated carbocycles. The third-order valence-electron chi connectivity index (χ3n) is 4.00. The Balaban J connectivity index is 1.81. The lowest BCUT2D eigenvalue weighted by atomic mass is 9.95. The fourth-order valence-corrected chi connectivity index (χ4v) is 2.84. The van der Waals surface area contributed by atoms with Gasteiger partial charge in [-0.1, -0.05) is 36.4 Å². The molecule has 3 aromatic carbocycles. The van der Waals surface area contributed by atoms with Crippen molar-refractivity contribution in [2.45, 2.75) is 0 Å². The van der Waals surface area contributed by atoms with Crippen molar-refractivity contribution in [2.75, 3.05) is 0 Å². The molecule has 0 fully saturated rings. The van der Waals surface area contributed by atoms with Crippen LogP contribution in [0.4, 0.5) is 0 Å². The number of hydrogen-bond donors (Lipinski definition) is 1. The molecule has 0 aromatic heterocycles. The molecule has 1 N–H and O–H groups in total. The average Bonchev–Trinajstić information content (AvgIpc) is 2.61. The number of nitrogens with zero attached hydrogens (tertiary/aromatic N) is 2. The summed E-state index contributed by atoms with van der Waals surface area (Å²) >= 11 is 0. The average molecular weight is 316 g/mol. The third kappa shape index (κ3) is 2.06. The molecule has 3 aromatic rings. The minimum Gasteiger partial charge on any atom is -0.507 e. The number of aromatic hydroxyl groups is 1. The van der Waals surface area contributed by atoms with Gasteiger partial charge in [-0.05, 0) is 29.7 Å². The van der Waals surface area contributed by atoms with Crippen LogP contribution in [0.1, 0.15) is 26.3 Å². The first kappa shape index (κ1) is 14.1. The number of para-hydroxylation sites is 1. The van der Waals surface area contributed by atoms with Crippen molar-refractivity contribution in [3.8, 4) is 5.75 Å². The molecule has 0 spiro atoms. The summed E-state index contributed by atoms with van der Waals surface area (Å²) in [6.07, 6.45) is 1.30. The highest BCUT2D eigenvalue weighted by atomic mass is 16.3. The quantitative estimate of drug-likeness (QED) is 0.583. The smallest absolute Gasteiger partial charge is 0.282 e. The topological polar surface area (TPSA) is 70.0 Å². The number of benzene rings is 3. The van der Waals surface area contributed by atoms with Crippen LogP contribution in [0.2, 0.25) is 0 Å². The van der Waals surface area contributed by atoms with E-state index in [9.17, 15) is 14.7 Å². The van der Waals surface area contributed by atoms with Gasteiger partial charge in [0.2, 0.25) is 0 Å². The maximum atomic E-state index is 12.6. The highest BCUT2D eigenvalue weighted by Crippen LogP contribution is 2.30. The summed E-state index contributed by atoms with van der Waals surface area (Å²) < 4.78 is 0. The second-order valence-electron chi connectivity index (χ2n) is 5.43. The molecule has 5 heteroatoms. The van der Waals surface area contributed by atoms with Gasteiger partial charge in [-0.15, -0.1) is 0 Å². The van der Waals surface area contributed by atoms with Gasteiger partial charge in [-0.2, -0.15) is 10.1 Å². The second kappa shape index (κ2) is 5.31. The number of hydrogen-bond acceptors (Lipinski definition) is 4. The summed E-state index contributed by atoms with van der Waals surface area (Å²) in [4.78, 5) is 25.3. The van der Waals surface area contributed by atoms with Crippen LogP contribution in [-0.4, -0.2) is 28.1 Å². The summed E-state index contributed by atoms with van der Waals surface area (Å²) in [5.41, 5.74) is 1.31. The molecule has 24 heavy (non-hydrogen) atoms. The van der Waals surface area contributed by atoms with E-state index in [-0.39, 0.29) is 5.75 Å². The standard InChI is InChI=1S/C19H12N2O3/c22-16-10-2-1-5-13(16)11-20-21-18(23)14-8-3-6-12-7-4-9-15(17(12)14)19(21)24/h1-11,22H/b20-11-. The van der Waals surface area contributed by atoms with Crippen molar-refractivity contribution in [3.63, 3.8) is 0 Å². The number of rotatable bonds is 2. The van der Waals surface area contributed by atoms with Crippen LogP contribution in [0.25, 0.3) is 10.8 Å². The van der Waals surface area contributed by atoms with Crippen LogP contribution in [0.15, 0.2) is 65.8 Å². The Kier molecular flexibility index (Phi) is 3.13. The van der Waals surface area contributed by atoms with E-state index in [0.717, 1.165) is 10.4 Å². The Morgan fingerprint density at radius 3 is 2.08 bits per heavy atom. The van der Waals surface area contributed by atoms with Gasteiger partial charge in [0.25, 0.3) is 11.8 Å². The molecule has 0 atom stereocenters. The molecule has 0 saturated heterocycles. The maximum absolute atomic E-state index is 12.6. The van der Waals surface area contributed by atoms with Crippen molar-refractivity contribution in [2.24, 2.45) is 5.10 Å². The Hall–Kier alpha value is -3.47. The minimum absolute atomic E-state index is 0.0284. The van der Waals surface area contributed by atoms with Gasteiger partial charge in [0.15, 0.2) is 0 Å². The number of carbonyl (C=O) groups is 2. The molecule has 1 heterocycles. The van der Waals surface area contributed by atoms with Gasteiger partial charge in [0.05, 0.1) is 17.3 Å². The number of imide groups is 1. The molecule has 1 aliphatic heterocycles. The van der Waals surface area contributed by atoms with E-state index in [2.05, 4.69) is 5.10 Å². The Morgan fingerprint density at radius 2 is 1.46 bits per heavy atom. The normalized spacial score (nSPS) is 13.9. The van der Waals surface area contributed by atoms with Gasteiger partial charge in [-0.3, -0.25) is 9.59 Å². The first-order valence-electron chi connectivity index (χ1n) is 7.39. The van der Waals surface area contributed by atoms with Crippen LogP contribution in [0.5, 0.6) is 5.75 Å². The number of phenolic OH excluding ortho intramolecular Hbond substituents is 1. The molecule has 0 unspecified atom stereocenters. The van der Waals surface area contributed by atoms with Gasteiger partial charge in [0, 0.05) is 10.9 Å². The van der Waals surface area contributed by atoms with E-state index < -0.39 is 11.8 Å². The van der Waals surface area contributed by atoms with Crippen LogP contribution in [0.3, 0.4) is 0 Å². The number of phenols is 1. The molecular formula is C19H12N2O3. The van der Waals surface area contributed by atoms with Crippen molar-refractivity contribution < 1.29 is 14.7 Å². The van der Waals surface area contributed by atoms with E-state index in [1.54, 1.807) is 42.5 Å². The maximum Gasteiger partial charge on any atom is 0.282 e. The SMILES string of the molecule is O=C1c2cccc3cccc(c23)C(=O)N1/N=C\c1ccccc1O. The number of hydrazone groups is 1. The first-order chi connectivity index (χ1) is 11.7. The van der Waals surface area contributed by atoms with Crippen molar-refractivity contribution in [3.05, 3.63) is 77.4 Å². The van der Waals surface area contributed by atoms with Crippen molar-refractivity contribution >= 4 is 28.8 Å². The molecule has 116 valence electrons. The largest absolute Gasteiger partial charge is 0.507 e. The number of amides is 2. The van der Waals surface area contributed by atoms with Crippen molar-refractivity contribution in [1.82, 2.24) is 5.01 Å². The van der Waals surface area contributed by atoms with E-state index in [1.807, 2.05) is 12.1 Å². The van der Waals surface area contributed by atoms with Crippen LogP contribution in [-0.2, 0) is 0 Å². The fraction of sp³-hybridized carbons (Fsp3) is 0. The van der Waals surface area contributed by atoms with E-state index in [0.29, 0.717) is 22.1 Å². The van der Waals surface area contributed by atoms with Gasteiger partial charge < -0.3 is 5.11 Å². The Labute approximate surface area is 137 Å². The highest BCUT2D eigenvalue weighted by Gasteiger charge is 2.32. The molecule has 0 aliphatic carbocycles. The Morgan fingerprint density at radius 1 is 0.833 bits per heavy atom. The predicted molar refractivity (Wildman–Crippen MR) is 90.1 cm³/mol. The highest BCUT2D eigenvalue weighted by molar-refractivity contribution is 6.25. The third-order valence-corrected chi connectivity index (χ3v) is 4.00. The van der Waals surface area contributed by atoms with E-state index in [1.165, 1.54) is 12.3 Å². The summed E-state index contributed by atoms with van der Waals surface area (Å²) in [5.74, 6) is -0.924. The monoisotopic (exact) mass is 316 g/mol. The Bertz CT molecular complexity index is 973. The second-order valence-corrected chi connectivity index (χ2v) is 5.43. The number of carbonyl (C=O) groups excluding carboxylic acids is 2. The summed E-state index contributed by atoms with van der Waals surface area (Å²) in [5, 5.41) is 16.1. The zero-order chi connectivity index (χ0) is 16.7. The predicted octanol–water partition coefficient (Wildman–Crippen LogP) is 3.18. The lowest BCUT2D eigenvalue weighted by molar-refractivity contribution is 0.0616. The van der Waals surface area contributed by atoms with Gasteiger partial charge in [-0.25, -0.2) is 0 Å². The zero-order valence-corrected chi connectivity index (χ0v) is 12.5. The van der Waals surface area contributed by atoms with Crippen LogP contribution >= 0.6 is 0 Å². The van der Waals surface area contributed by atoms with Crippen molar-refractivity contribution in [1.29, 1.82) is 0 Å². The first-order valence-corrected chi connectivity index (χ1v) is 7.39. The lowest BCUT2D eigenvalue weighted by Gasteiger charge is -2.23. The molecule has 4 rings (SSSR count). The molecule has 1 aliphatic rings. The molecule has 2 amide bonds. The van der Waals surface area contributed by atoms with Crippen LogP contribution < -0.4 is 0 Å². The lowest BCUT2D eigenvalue weighted by Crippen LogP contribution is -2.36.